The molecule has 1 N–H and O–H groups in total. The molecular formula is C30H34ClNO4. The van der Waals surface area contributed by atoms with Crippen LogP contribution in [0.5, 0.6) is 11.5 Å². The fourth-order valence-electron chi connectivity index (χ4n) is 5.20. The van der Waals surface area contributed by atoms with E-state index < -0.39 is 11.4 Å². The van der Waals surface area contributed by atoms with Crippen molar-refractivity contribution in [1.29, 1.82) is 0 Å². The fourth-order valence-corrected chi connectivity index (χ4v) is 5.36. The third-order valence-corrected chi connectivity index (χ3v) is 7.67. The zero-order chi connectivity index (χ0) is 25.8. The molecule has 0 unspecified atom stereocenters. The number of methoxy groups -OCH3 is 1. The number of carboxylic acid groups (broad SMARTS) is 1. The zero-order valence-corrected chi connectivity index (χ0v) is 21.9. The number of benzene rings is 3. The van der Waals surface area contributed by atoms with Crippen molar-refractivity contribution in [2.45, 2.75) is 50.2 Å². The van der Waals surface area contributed by atoms with Gasteiger partial charge in [0.15, 0.2) is 11.5 Å². The van der Waals surface area contributed by atoms with Crippen molar-refractivity contribution < 1.29 is 19.4 Å². The second-order valence-corrected chi connectivity index (χ2v) is 10.5. The molecule has 0 bridgehead atoms. The van der Waals surface area contributed by atoms with Gasteiger partial charge in [-0.25, -0.2) is 0 Å². The molecule has 36 heavy (non-hydrogen) atoms. The van der Waals surface area contributed by atoms with E-state index in [1.54, 1.807) is 19.2 Å². The monoisotopic (exact) mass is 507 g/mol. The third kappa shape index (κ3) is 5.37. The number of ether oxygens (including phenoxy) is 2. The van der Waals surface area contributed by atoms with Crippen LogP contribution in [0.2, 0.25) is 5.02 Å². The SMILES string of the molecule is COc1cc(Cl)ccc1O[C@H]1CCN(C(C)(C)CCC(C(=O)O)(c2ccccc2)c2ccccc2)C1. The third-order valence-electron chi connectivity index (χ3n) is 7.43. The van der Waals surface area contributed by atoms with Crippen molar-refractivity contribution in [3.8, 4) is 11.5 Å². The van der Waals surface area contributed by atoms with Gasteiger partial charge in [-0.15, -0.1) is 0 Å². The van der Waals surface area contributed by atoms with Gasteiger partial charge in [0.05, 0.1) is 7.11 Å². The van der Waals surface area contributed by atoms with Crippen LogP contribution in [0.3, 0.4) is 0 Å². The smallest absolute Gasteiger partial charge is 0.318 e. The van der Waals surface area contributed by atoms with Gasteiger partial charge in [0.1, 0.15) is 11.5 Å². The Morgan fingerprint density at radius 2 is 1.58 bits per heavy atom. The Balaban J connectivity index is 1.52. The first kappa shape index (κ1) is 26.1. The maximum absolute atomic E-state index is 12.9. The summed E-state index contributed by atoms with van der Waals surface area (Å²) in [6.07, 6.45) is 2.10. The molecule has 1 saturated heterocycles. The largest absolute Gasteiger partial charge is 0.493 e. The number of likely N-dealkylation sites (tertiary alicyclic amines) is 1. The maximum Gasteiger partial charge on any atom is 0.318 e. The molecule has 1 aliphatic rings. The first-order chi connectivity index (χ1) is 17.3. The molecule has 4 rings (SSSR count). The number of aliphatic carboxylic acids is 1. The summed E-state index contributed by atoms with van der Waals surface area (Å²) in [5, 5.41) is 11.2. The number of rotatable bonds is 10. The van der Waals surface area contributed by atoms with Crippen molar-refractivity contribution in [3.05, 3.63) is 95.0 Å². The van der Waals surface area contributed by atoms with Gasteiger partial charge >= 0.3 is 5.97 Å². The second kappa shape index (κ2) is 10.9. The predicted molar refractivity (Wildman–Crippen MR) is 143 cm³/mol. The molecule has 0 radical (unpaired) electrons. The van der Waals surface area contributed by atoms with Gasteiger partial charge in [-0.2, -0.15) is 0 Å². The van der Waals surface area contributed by atoms with Crippen molar-refractivity contribution >= 4 is 17.6 Å². The highest BCUT2D eigenvalue weighted by Gasteiger charge is 2.44. The minimum Gasteiger partial charge on any atom is -0.493 e. The Morgan fingerprint density at radius 3 is 2.14 bits per heavy atom. The molecule has 190 valence electrons. The Labute approximate surface area is 218 Å². The van der Waals surface area contributed by atoms with E-state index in [0.717, 1.165) is 30.6 Å². The minimum absolute atomic E-state index is 0.0202. The summed E-state index contributed by atoms with van der Waals surface area (Å²) in [6.45, 7) is 6.03. The van der Waals surface area contributed by atoms with Gasteiger partial charge in [-0.1, -0.05) is 72.3 Å². The first-order valence-corrected chi connectivity index (χ1v) is 12.7. The molecule has 0 saturated carbocycles. The lowest BCUT2D eigenvalue weighted by Gasteiger charge is -2.39. The summed E-state index contributed by atoms with van der Waals surface area (Å²) in [7, 11) is 1.61. The predicted octanol–water partition coefficient (Wildman–Crippen LogP) is 6.43. The lowest BCUT2D eigenvalue weighted by molar-refractivity contribution is -0.142. The average molecular weight is 508 g/mol. The van der Waals surface area contributed by atoms with E-state index in [1.807, 2.05) is 66.7 Å². The highest BCUT2D eigenvalue weighted by atomic mass is 35.5. The number of hydrogen-bond donors (Lipinski definition) is 1. The van der Waals surface area contributed by atoms with E-state index in [2.05, 4.69) is 18.7 Å². The maximum atomic E-state index is 12.9. The molecule has 1 atom stereocenters. The van der Waals surface area contributed by atoms with E-state index in [-0.39, 0.29) is 11.6 Å². The van der Waals surface area contributed by atoms with Crippen LogP contribution in [-0.4, -0.2) is 47.8 Å². The van der Waals surface area contributed by atoms with E-state index in [9.17, 15) is 9.90 Å². The summed E-state index contributed by atoms with van der Waals surface area (Å²) >= 11 is 6.09. The lowest BCUT2D eigenvalue weighted by Crippen LogP contribution is -2.46. The number of nitrogens with zero attached hydrogens (tertiary/aromatic N) is 1. The van der Waals surface area contributed by atoms with Crippen molar-refractivity contribution in [1.82, 2.24) is 4.90 Å². The van der Waals surface area contributed by atoms with E-state index in [1.165, 1.54) is 0 Å². The van der Waals surface area contributed by atoms with Crippen LogP contribution in [0.25, 0.3) is 0 Å². The van der Waals surface area contributed by atoms with E-state index in [0.29, 0.717) is 29.4 Å². The average Bonchev–Trinajstić information content (AvgIpc) is 3.36. The normalized spacial score (nSPS) is 16.6. The van der Waals surface area contributed by atoms with Crippen LogP contribution < -0.4 is 9.47 Å². The van der Waals surface area contributed by atoms with Crippen LogP contribution >= 0.6 is 11.6 Å². The zero-order valence-electron chi connectivity index (χ0n) is 21.1. The minimum atomic E-state index is -1.12. The standard InChI is InChI=1S/C30H34ClNO4/c1-29(2,32-19-16-25(21-32)36-26-15-14-24(31)20-27(26)35-3)17-18-30(28(33)34,22-10-6-4-7-11-22)23-12-8-5-9-13-23/h4-15,20,25H,16-19,21H2,1-3H3,(H,33,34)/t25-/m0/s1. The number of halogens is 1. The fraction of sp³-hybridized carbons (Fsp3) is 0.367. The molecule has 6 heteroatoms. The summed E-state index contributed by atoms with van der Waals surface area (Å²) in [4.78, 5) is 15.4. The van der Waals surface area contributed by atoms with Crippen LogP contribution in [0.1, 0.15) is 44.2 Å². The molecule has 0 aliphatic carbocycles. The Bertz CT molecular complexity index is 1130. The number of carboxylic acids is 1. The van der Waals surface area contributed by atoms with E-state index in [4.69, 9.17) is 21.1 Å². The molecule has 3 aromatic carbocycles. The summed E-state index contributed by atoms with van der Waals surface area (Å²) < 4.78 is 11.7. The molecule has 0 aromatic heterocycles. The summed E-state index contributed by atoms with van der Waals surface area (Å²) in [5.41, 5.74) is 0.271. The lowest BCUT2D eigenvalue weighted by atomic mass is 9.69. The Hall–Kier alpha value is -3.02. The molecule has 3 aromatic rings. The van der Waals surface area contributed by atoms with Crippen molar-refractivity contribution in [3.63, 3.8) is 0 Å². The Kier molecular flexibility index (Phi) is 7.91. The molecule has 0 spiro atoms. The van der Waals surface area contributed by atoms with Crippen molar-refractivity contribution in [2.75, 3.05) is 20.2 Å². The quantitative estimate of drug-likeness (QED) is 0.342. The van der Waals surface area contributed by atoms with E-state index >= 15 is 0 Å². The van der Waals surface area contributed by atoms with Crippen molar-refractivity contribution in [2.24, 2.45) is 0 Å². The van der Waals surface area contributed by atoms with Gasteiger partial charge in [0.2, 0.25) is 0 Å². The van der Waals surface area contributed by atoms with Crippen LogP contribution in [0, 0.1) is 0 Å². The second-order valence-electron chi connectivity index (χ2n) is 10.0. The summed E-state index contributed by atoms with van der Waals surface area (Å²) in [5.74, 6) is 0.481. The molecule has 1 fully saturated rings. The highest BCUT2D eigenvalue weighted by molar-refractivity contribution is 6.30. The van der Waals surface area contributed by atoms with Gasteiger partial charge in [0.25, 0.3) is 0 Å². The molecule has 1 aliphatic heterocycles. The van der Waals surface area contributed by atoms with Gasteiger partial charge in [-0.05, 0) is 56.4 Å². The highest BCUT2D eigenvalue weighted by Crippen LogP contribution is 2.41. The molecule has 0 amide bonds. The number of hydrogen-bond acceptors (Lipinski definition) is 4. The topological polar surface area (TPSA) is 59.0 Å². The molecule has 5 nitrogen and oxygen atoms in total. The van der Waals surface area contributed by atoms with Crippen LogP contribution in [0.4, 0.5) is 0 Å². The van der Waals surface area contributed by atoms with Crippen LogP contribution in [0.15, 0.2) is 78.9 Å². The van der Waals surface area contributed by atoms with Crippen LogP contribution in [-0.2, 0) is 10.2 Å². The Morgan fingerprint density at radius 1 is 0.972 bits per heavy atom. The molecular weight excluding hydrogens is 474 g/mol. The summed E-state index contributed by atoms with van der Waals surface area (Å²) in [6, 6.07) is 24.6. The van der Waals surface area contributed by atoms with Gasteiger partial charge in [-0.3, -0.25) is 9.69 Å². The number of carbonyl (C=O) groups is 1. The van der Waals surface area contributed by atoms with Gasteiger partial charge in [0, 0.05) is 29.7 Å². The first-order valence-electron chi connectivity index (χ1n) is 12.4. The van der Waals surface area contributed by atoms with Gasteiger partial charge < -0.3 is 14.6 Å². The molecule has 1 heterocycles.